The SMILES string of the molecule is Cc1cc(F)c2c(Cc3ccc(O)cc3)cn([C@@H]3O[C@H](CO)[C@@H](O)[C@H](O)[C@H]3O)c2c1. The van der Waals surface area contributed by atoms with Crippen LogP contribution >= 0.6 is 0 Å². The Morgan fingerprint density at radius 3 is 2.40 bits per heavy atom. The Morgan fingerprint density at radius 2 is 1.73 bits per heavy atom. The average Bonchev–Trinajstić information content (AvgIpc) is 3.06. The maximum absolute atomic E-state index is 14.9. The summed E-state index contributed by atoms with van der Waals surface area (Å²) in [5, 5.41) is 50.1. The molecule has 1 aromatic heterocycles. The van der Waals surface area contributed by atoms with Gasteiger partial charge >= 0.3 is 0 Å². The van der Waals surface area contributed by atoms with E-state index in [2.05, 4.69) is 0 Å². The smallest absolute Gasteiger partial charge is 0.163 e. The van der Waals surface area contributed by atoms with Gasteiger partial charge in [-0.3, -0.25) is 0 Å². The van der Waals surface area contributed by atoms with Crippen molar-refractivity contribution in [1.29, 1.82) is 0 Å². The Labute approximate surface area is 172 Å². The highest BCUT2D eigenvalue weighted by molar-refractivity contribution is 5.86. The minimum atomic E-state index is -1.53. The van der Waals surface area contributed by atoms with Crippen molar-refractivity contribution in [2.24, 2.45) is 0 Å². The van der Waals surface area contributed by atoms with E-state index in [9.17, 15) is 29.9 Å². The molecule has 0 bridgehead atoms. The van der Waals surface area contributed by atoms with Crippen molar-refractivity contribution in [1.82, 2.24) is 4.57 Å². The molecular weight excluding hydrogens is 393 g/mol. The Morgan fingerprint density at radius 1 is 1.03 bits per heavy atom. The lowest BCUT2D eigenvalue weighted by atomic mass is 9.98. The van der Waals surface area contributed by atoms with Gasteiger partial charge in [-0.15, -0.1) is 0 Å². The molecule has 30 heavy (non-hydrogen) atoms. The standard InChI is InChI=1S/C22H24FNO6/c1-11-6-15(23)18-13(8-12-2-4-14(26)5-3-12)9-24(16(18)7-11)22-21(29)20(28)19(27)17(10-25)30-22/h2-7,9,17,19-22,25-29H,8,10H2,1H3/t17-,19-,20+,21-,22-/m1/s1. The summed E-state index contributed by atoms with van der Waals surface area (Å²) in [6, 6.07) is 9.73. The van der Waals surface area contributed by atoms with Crippen LogP contribution in [0, 0.1) is 12.7 Å². The number of halogens is 1. The maximum Gasteiger partial charge on any atom is 0.163 e. The first-order valence-electron chi connectivity index (χ1n) is 9.68. The van der Waals surface area contributed by atoms with E-state index < -0.39 is 43.1 Å². The second kappa shape index (κ2) is 7.98. The van der Waals surface area contributed by atoms with Crippen molar-refractivity contribution < 1.29 is 34.7 Å². The minimum Gasteiger partial charge on any atom is -0.508 e. The van der Waals surface area contributed by atoms with Crippen LogP contribution in [0.3, 0.4) is 0 Å². The number of fused-ring (bicyclic) bond motifs is 1. The molecule has 2 heterocycles. The summed E-state index contributed by atoms with van der Waals surface area (Å²) in [6.07, 6.45) is -4.68. The number of aromatic nitrogens is 1. The first-order valence-corrected chi connectivity index (χ1v) is 9.68. The highest BCUT2D eigenvalue weighted by atomic mass is 19.1. The van der Waals surface area contributed by atoms with Crippen molar-refractivity contribution in [3.05, 3.63) is 65.1 Å². The van der Waals surface area contributed by atoms with Crippen LogP contribution in [0.15, 0.2) is 42.6 Å². The monoisotopic (exact) mass is 417 g/mol. The lowest BCUT2D eigenvalue weighted by Crippen LogP contribution is -2.56. The molecule has 1 aliphatic rings. The average molecular weight is 417 g/mol. The van der Waals surface area contributed by atoms with Crippen LogP contribution in [-0.2, 0) is 11.2 Å². The van der Waals surface area contributed by atoms with Crippen LogP contribution in [0.2, 0.25) is 0 Å². The number of ether oxygens (including phenoxy) is 1. The molecular formula is C22H24FNO6. The summed E-state index contributed by atoms with van der Waals surface area (Å²) < 4.78 is 22.2. The molecule has 3 aromatic rings. The molecule has 0 spiro atoms. The number of nitrogens with zero attached hydrogens (tertiary/aromatic N) is 1. The molecule has 0 radical (unpaired) electrons. The van der Waals surface area contributed by atoms with E-state index in [4.69, 9.17) is 4.74 Å². The fourth-order valence-corrected chi connectivity index (χ4v) is 4.04. The third kappa shape index (κ3) is 3.57. The molecule has 5 N–H and O–H groups in total. The van der Waals surface area contributed by atoms with Crippen LogP contribution in [0.4, 0.5) is 4.39 Å². The molecule has 4 rings (SSSR count). The molecule has 8 heteroatoms. The van der Waals surface area contributed by atoms with Crippen LogP contribution in [-0.4, -0.2) is 61.1 Å². The van der Waals surface area contributed by atoms with E-state index in [0.29, 0.717) is 28.5 Å². The number of aromatic hydroxyl groups is 1. The van der Waals surface area contributed by atoms with Crippen molar-refractivity contribution in [2.45, 2.75) is 44.0 Å². The predicted octanol–water partition coefficient (Wildman–Crippen LogP) is 1.36. The van der Waals surface area contributed by atoms with Crippen LogP contribution in [0.1, 0.15) is 22.9 Å². The summed E-state index contributed by atoms with van der Waals surface area (Å²) in [5.41, 5.74) is 2.61. The lowest BCUT2D eigenvalue weighted by molar-refractivity contribution is -0.250. The van der Waals surface area contributed by atoms with Gasteiger partial charge in [0, 0.05) is 11.6 Å². The maximum atomic E-state index is 14.9. The zero-order valence-electron chi connectivity index (χ0n) is 16.3. The van der Waals surface area contributed by atoms with E-state index >= 15 is 0 Å². The summed E-state index contributed by atoms with van der Waals surface area (Å²) in [4.78, 5) is 0. The van der Waals surface area contributed by atoms with Gasteiger partial charge in [-0.25, -0.2) is 4.39 Å². The Bertz CT molecular complexity index is 1050. The first-order chi connectivity index (χ1) is 14.3. The number of aryl methyl sites for hydroxylation is 1. The second-order valence-corrected chi connectivity index (χ2v) is 7.77. The summed E-state index contributed by atoms with van der Waals surface area (Å²) in [5.74, 6) is -0.300. The van der Waals surface area contributed by atoms with E-state index in [0.717, 1.165) is 5.56 Å². The number of aliphatic hydroxyl groups is 4. The van der Waals surface area contributed by atoms with Crippen LogP contribution in [0.25, 0.3) is 10.9 Å². The van der Waals surface area contributed by atoms with Crippen LogP contribution in [0.5, 0.6) is 5.75 Å². The Kier molecular flexibility index (Phi) is 5.52. The summed E-state index contributed by atoms with van der Waals surface area (Å²) in [7, 11) is 0. The number of aliphatic hydroxyl groups excluding tert-OH is 4. The van der Waals surface area contributed by atoms with Crippen molar-refractivity contribution in [3.63, 3.8) is 0 Å². The van der Waals surface area contributed by atoms with Crippen molar-refractivity contribution >= 4 is 10.9 Å². The van der Waals surface area contributed by atoms with Gasteiger partial charge in [0.15, 0.2) is 6.23 Å². The third-order valence-electron chi connectivity index (χ3n) is 5.58. The molecule has 1 saturated heterocycles. The highest BCUT2D eigenvalue weighted by Crippen LogP contribution is 2.35. The summed E-state index contributed by atoms with van der Waals surface area (Å²) >= 11 is 0. The molecule has 160 valence electrons. The fraction of sp³-hybridized carbons (Fsp3) is 0.364. The predicted molar refractivity (Wildman–Crippen MR) is 107 cm³/mol. The Hall–Kier alpha value is -2.49. The van der Waals surface area contributed by atoms with Gasteiger partial charge < -0.3 is 34.8 Å². The third-order valence-corrected chi connectivity index (χ3v) is 5.58. The van der Waals surface area contributed by atoms with Crippen molar-refractivity contribution in [3.8, 4) is 5.75 Å². The molecule has 2 aromatic carbocycles. The largest absolute Gasteiger partial charge is 0.508 e. The quantitative estimate of drug-likeness (QED) is 0.438. The van der Waals surface area contributed by atoms with E-state index in [1.165, 1.54) is 10.6 Å². The Balaban J connectivity index is 1.83. The zero-order valence-corrected chi connectivity index (χ0v) is 16.3. The molecule has 0 saturated carbocycles. The number of phenols is 1. The number of hydrogen-bond donors (Lipinski definition) is 5. The van der Waals surface area contributed by atoms with Crippen molar-refractivity contribution in [2.75, 3.05) is 6.61 Å². The van der Waals surface area contributed by atoms with Gasteiger partial charge in [0.25, 0.3) is 0 Å². The van der Waals surface area contributed by atoms with Gasteiger partial charge in [0.1, 0.15) is 36.0 Å². The normalized spacial score (nSPS) is 26.9. The van der Waals surface area contributed by atoms with Gasteiger partial charge in [0.2, 0.25) is 0 Å². The lowest BCUT2D eigenvalue weighted by Gasteiger charge is -2.40. The van der Waals surface area contributed by atoms with E-state index in [-0.39, 0.29) is 5.75 Å². The number of phenolic OH excluding ortho intramolecular Hbond substituents is 1. The second-order valence-electron chi connectivity index (χ2n) is 7.77. The van der Waals surface area contributed by atoms with E-state index in [1.54, 1.807) is 43.5 Å². The molecule has 0 aliphatic carbocycles. The fourth-order valence-electron chi connectivity index (χ4n) is 4.04. The number of hydrogen-bond acceptors (Lipinski definition) is 6. The number of benzene rings is 2. The van der Waals surface area contributed by atoms with E-state index in [1.807, 2.05) is 0 Å². The van der Waals surface area contributed by atoms with Gasteiger partial charge in [-0.05, 0) is 54.3 Å². The summed E-state index contributed by atoms with van der Waals surface area (Å²) in [6.45, 7) is 1.20. The highest BCUT2D eigenvalue weighted by Gasteiger charge is 2.44. The number of rotatable bonds is 4. The molecule has 5 atom stereocenters. The van der Waals surface area contributed by atoms with Gasteiger partial charge in [-0.1, -0.05) is 12.1 Å². The van der Waals surface area contributed by atoms with Crippen LogP contribution < -0.4 is 0 Å². The molecule has 7 nitrogen and oxygen atoms in total. The molecule has 1 aliphatic heterocycles. The first kappa shape index (κ1) is 20.8. The van der Waals surface area contributed by atoms with Gasteiger partial charge in [-0.2, -0.15) is 0 Å². The zero-order chi connectivity index (χ0) is 21.6. The van der Waals surface area contributed by atoms with Gasteiger partial charge in [0.05, 0.1) is 12.1 Å². The molecule has 0 unspecified atom stereocenters. The molecule has 0 amide bonds. The minimum absolute atomic E-state index is 0.129. The topological polar surface area (TPSA) is 115 Å². The molecule has 1 fully saturated rings.